The lowest BCUT2D eigenvalue weighted by Crippen LogP contribution is -2.44. The van der Waals surface area contributed by atoms with E-state index in [0.717, 1.165) is 0 Å². The highest BCUT2D eigenvalue weighted by atomic mass is 16.4. The summed E-state index contributed by atoms with van der Waals surface area (Å²) in [5, 5.41) is 24.9. The Kier molecular flexibility index (Phi) is 7.53. The number of nitrogens with two attached hydrogens (primary N) is 1. The van der Waals surface area contributed by atoms with E-state index in [0.29, 0.717) is 16.9 Å². The molecule has 0 aromatic heterocycles. The van der Waals surface area contributed by atoms with Crippen LogP contribution in [-0.4, -0.2) is 40.8 Å². The van der Waals surface area contributed by atoms with Gasteiger partial charge in [0.1, 0.15) is 5.84 Å². The molecule has 2 rings (SSSR count). The average Bonchev–Trinajstić information content (AvgIpc) is 2.66. The molecule has 1 heterocycles. The molecule has 2 amide bonds. The van der Waals surface area contributed by atoms with Crippen molar-refractivity contribution < 1.29 is 19.5 Å². The van der Waals surface area contributed by atoms with E-state index in [9.17, 15) is 14.4 Å². The maximum atomic E-state index is 12.2. The van der Waals surface area contributed by atoms with Crippen LogP contribution in [0, 0.1) is 5.41 Å². The number of aliphatic carboxylic acids is 1. The molecule has 0 spiro atoms. The number of anilines is 1. The molecular formula is C20H25N5O4. The smallest absolute Gasteiger partial charge is 0.305 e. The molecule has 1 aliphatic heterocycles. The Hall–Kier alpha value is -3.62. The van der Waals surface area contributed by atoms with Crippen LogP contribution >= 0.6 is 0 Å². The topological polar surface area (TPSA) is 157 Å². The summed E-state index contributed by atoms with van der Waals surface area (Å²) in [6, 6.07) is 5.79. The van der Waals surface area contributed by atoms with Crippen molar-refractivity contribution in [2.45, 2.75) is 38.3 Å². The van der Waals surface area contributed by atoms with Crippen LogP contribution in [0.1, 0.15) is 31.7 Å². The molecule has 9 heteroatoms. The monoisotopic (exact) mass is 399 g/mol. The first-order valence-corrected chi connectivity index (χ1v) is 9.15. The molecule has 7 N–H and O–H groups in total. The van der Waals surface area contributed by atoms with Crippen LogP contribution < -0.4 is 21.7 Å². The molecule has 0 fully saturated rings. The van der Waals surface area contributed by atoms with Gasteiger partial charge in [-0.05, 0) is 37.3 Å². The molecule has 0 saturated carbocycles. The third-order valence-corrected chi connectivity index (χ3v) is 4.22. The summed E-state index contributed by atoms with van der Waals surface area (Å²) >= 11 is 0. The fourth-order valence-electron chi connectivity index (χ4n) is 2.77. The van der Waals surface area contributed by atoms with E-state index in [-0.39, 0.29) is 37.0 Å². The maximum absolute atomic E-state index is 12.2. The number of dihydropyridines is 1. The Morgan fingerprint density at radius 3 is 2.45 bits per heavy atom. The number of amidine groups is 1. The normalized spacial score (nSPS) is 16.2. The van der Waals surface area contributed by atoms with Gasteiger partial charge in [-0.1, -0.05) is 12.2 Å². The van der Waals surface area contributed by atoms with E-state index in [1.165, 1.54) is 0 Å². The van der Waals surface area contributed by atoms with Gasteiger partial charge >= 0.3 is 5.97 Å². The summed E-state index contributed by atoms with van der Waals surface area (Å²) in [5.41, 5.74) is 7.07. The quantitative estimate of drug-likeness (QED) is 0.269. The van der Waals surface area contributed by atoms with Gasteiger partial charge in [-0.3, -0.25) is 19.8 Å². The summed E-state index contributed by atoms with van der Waals surface area (Å²) in [5.74, 6) is -1.87. The summed E-state index contributed by atoms with van der Waals surface area (Å²) in [4.78, 5) is 35.4. The number of carboxylic acids is 1. The number of amides is 2. The summed E-state index contributed by atoms with van der Waals surface area (Å²) in [6.45, 7) is 1.91. The molecule has 1 aromatic rings. The zero-order valence-electron chi connectivity index (χ0n) is 16.1. The minimum atomic E-state index is -1.04. The third kappa shape index (κ3) is 7.13. The number of rotatable bonds is 9. The Labute approximate surface area is 168 Å². The lowest BCUT2D eigenvalue weighted by molar-refractivity contribution is -0.137. The lowest BCUT2D eigenvalue weighted by Gasteiger charge is -2.26. The number of nitrogens with one attached hydrogen (secondary N) is 4. The Bertz CT molecular complexity index is 845. The fourth-order valence-corrected chi connectivity index (χ4v) is 2.77. The van der Waals surface area contributed by atoms with Crippen LogP contribution in [0.15, 0.2) is 48.2 Å². The predicted molar refractivity (Wildman–Crippen MR) is 109 cm³/mol. The van der Waals surface area contributed by atoms with Gasteiger partial charge in [-0.25, -0.2) is 0 Å². The molecule has 1 aliphatic rings. The van der Waals surface area contributed by atoms with E-state index < -0.39 is 17.9 Å². The highest BCUT2D eigenvalue weighted by Gasteiger charge is 2.22. The number of benzene rings is 1. The fraction of sp³-hybridized carbons (Fsp3) is 0.300. The molecule has 9 nitrogen and oxygen atoms in total. The first kappa shape index (κ1) is 21.7. The van der Waals surface area contributed by atoms with Crippen molar-refractivity contribution in [3.05, 3.63) is 53.8 Å². The van der Waals surface area contributed by atoms with Crippen LogP contribution in [-0.2, 0) is 14.4 Å². The first-order valence-electron chi connectivity index (χ1n) is 9.15. The van der Waals surface area contributed by atoms with Crippen LogP contribution in [0.4, 0.5) is 5.69 Å². The van der Waals surface area contributed by atoms with Gasteiger partial charge in [0, 0.05) is 35.8 Å². The molecule has 0 saturated heterocycles. The van der Waals surface area contributed by atoms with E-state index in [2.05, 4.69) is 16.0 Å². The summed E-state index contributed by atoms with van der Waals surface area (Å²) in [6.07, 6.45) is 5.05. The first-order chi connectivity index (χ1) is 13.7. The third-order valence-electron chi connectivity index (χ3n) is 4.22. The predicted octanol–water partition coefficient (Wildman–Crippen LogP) is 1.08. The highest BCUT2D eigenvalue weighted by molar-refractivity contribution is 5.96. The van der Waals surface area contributed by atoms with Gasteiger partial charge in [-0.2, -0.15) is 0 Å². The van der Waals surface area contributed by atoms with E-state index in [1.54, 1.807) is 30.3 Å². The van der Waals surface area contributed by atoms with E-state index in [1.807, 2.05) is 19.1 Å². The van der Waals surface area contributed by atoms with Gasteiger partial charge in [-0.15, -0.1) is 0 Å². The van der Waals surface area contributed by atoms with Crippen molar-refractivity contribution in [3.8, 4) is 0 Å². The standard InChI is InChI=1S/C20H25N5O4/c1-12-3-2-4-15(23-12)16(11-19(28)29)25-18(27)10-9-17(26)24-14-7-5-13(6-8-14)20(21)22/h2-8,12,16,23H,9-11H2,1H3,(H3,21,22)(H,24,26)(H,25,27)(H,28,29). The molecule has 1 aromatic carbocycles. The molecule has 154 valence electrons. The number of hydrogen-bond donors (Lipinski definition) is 6. The van der Waals surface area contributed by atoms with Gasteiger partial charge < -0.3 is 26.8 Å². The minimum absolute atomic E-state index is 0.0309. The molecule has 0 radical (unpaired) electrons. The molecule has 2 atom stereocenters. The Morgan fingerprint density at radius 2 is 1.86 bits per heavy atom. The molecular weight excluding hydrogens is 374 g/mol. The number of carbonyl (C=O) groups excluding carboxylic acids is 2. The number of carboxylic acid groups (broad SMARTS) is 1. The van der Waals surface area contributed by atoms with Crippen molar-refractivity contribution in [3.63, 3.8) is 0 Å². The van der Waals surface area contributed by atoms with Gasteiger partial charge in [0.05, 0.1) is 12.5 Å². The highest BCUT2D eigenvalue weighted by Crippen LogP contribution is 2.12. The Balaban J connectivity index is 1.86. The lowest BCUT2D eigenvalue weighted by atomic mass is 10.1. The van der Waals surface area contributed by atoms with Crippen molar-refractivity contribution >= 4 is 29.3 Å². The number of hydrogen-bond acceptors (Lipinski definition) is 5. The van der Waals surface area contributed by atoms with Crippen molar-refractivity contribution in [2.24, 2.45) is 5.73 Å². The van der Waals surface area contributed by atoms with Crippen LogP contribution in [0.3, 0.4) is 0 Å². The molecule has 29 heavy (non-hydrogen) atoms. The van der Waals surface area contributed by atoms with Crippen LogP contribution in [0.25, 0.3) is 0 Å². The number of allylic oxidation sites excluding steroid dienone is 2. The molecule has 0 aliphatic carbocycles. The van der Waals surface area contributed by atoms with E-state index in [4.69, 9.17) is 16.2 Å². The zero-order valence-corrected chi connectivity index (χ0v) is 16.1. The van der Waals surface area contributed by atoms with Crippen molar-refractivity contribution in [1.29, 1.82) is 5.41 Å². The largest absolute Gasteiger partial charge is 0.481 e. The second kappa shape index (κ2) is 10.1. The molecule has 2 unspecified atom stereocenters. The SMILES string of the molecule is CC1C=CC=C(C(CC(=O)O)NC(=O)CCC(=O)Nc2ccc(C(=N)N)cc2)N1. The van der Waals surface area contributed by atoms with Crippen molar-refractivity contribution in [1.82, 2.24) is 10.6 Å². The average molecular weight is 399 g/mol. The van der Waals surface area contributed by atoms with Gasteiger partial charge in [0.15, 0.2) is 0 Å². The Morgan fingerprint density at radius 1 is 1.21 bits per heavy atom. The maximum Gasteiger partial charge on any atom is 0.305 e. The summed E-state index contributed by atoms with van der Waals surface area (Å²) in [7, 11) is 0. The van der Waals surface area contributed by atoms with Crippen LogP contribution in [0.5, 0.6) is 0 Å². The number of nitrogen functional groups attached to an aromatic ring is 1. The number of carbonyl (C=O) groups is 3. The zero-order chi connectivity index (χ0) is 21.4. The van der Waals surface area contributed by atoms with Crippen molar-refractivity contribution in [2.75, 3.05) is 5.32 Å². The summed E-state index contributed by atoms with van der Waals surface area (Å²) < 4.78 is 0. The van der Waals surface area contributed by atoms with Gasteiger partial charge in [0.2, 0.25) is 11.8 Å². The minimum Gasteiger partial charge on any atom is -0.481 e. The second-order valence-corrected chi connectivity index (χ2v) is 6.70. The molecule has 0 bridgehead atoms. The van der Waals surface area contributed by atoms with Crippen LogP contribution in [0.2, 0.25) is 0 Å². The van der Waals surface area contributed by atoms with E-state index >= 15 is 0 Å². The van der Waals surface area contributed by atoms with Gasteiger partial charge in [0.25, 0.3) is 0 Å². The second-order valence-electron chi connectivity index (χ2n) is 6.70.